The van der Waals surface area contributed by atoms with Crippen LogP contribution in [0.25, 0.3) is 0 Å². The Hall–Kier alpha value is -1.62. The van der Waals surface area contributed by atoms with E-state index in [0.717, 1.165) is 19.0 Å². The van der Waals surface area contributed by atoms with E-state index in [1.54, 1.807) is 0 Å². The van der Waals surface area contributed by atoms with Gasteiger partial charge in [0.05, 0.1) is 5.56 Å². The Morgan fingerprint density at radius 2 is 2.16 bits per heavy atom. The van der Waals surface area contributed by atoms with Crippen LogP contribution in [0.15, 0.2) is 18.2 Å². The fourth-order valence-corrected chi connectivity index (χ4v) is 1.57. The fraction of sp³-hybridized carbons (Fsp3) is 0.500. The van der Waals surface area contributed by atoms with E-state index in [1.165, 1.54) is 12.1 Å². The minimum absolute atomic E-state index is 0.0463. The fourth-order valence-electron chi connectivity index (χ4n) is 1.57. The average Bonchev–Trinajstić information content (AvgIpc) is 2.33. The van der Waals surface area contributed by atoms with E-state index in [2.05, 4.69) is 24.1 Å². The molecule has 0 saturated carbocycles. The van der Waals surface area contributed by atoms with Crippen LogP contribution in [0.2, 0.25) is 0 Å². The Morgan fingerprint density at radius 1 is 1.47 bits per heavy atom. The van der Waals surface area contributed by atoms with Crippen LogP contribution in [0.4, 0.5) is 4.39 Å². The SMILES string of the molecule is CC(C)N(C)CCCNC(=O)c1ccc(O)cc1F. The number of hydrogen-bond donors (Lipinski definition) is 2. The van der Waals surface area contributed by atoms with Crippen molar-refractivity contribution < 1.29 is 14.3 Å². The maximum absolute atomic E-state index is 13.4. The highest BCUT2D eigenvalue weighted by atomic mass is 19.1. The van der Waals surface area contributed by atoms with Crippen molar-refractivity contribution in [1.82, 2.24) is 10.2 Å². The number of amides is 1. The number of nitrogens with zero attached hydrogens (tertiary/aromatic N) is 1. The highest BCUT2D eigenvalue weighted by Gasteiger charge is 2.11. The molecule has 0 aliphatic rings. The van der Waals surface area contributed by atoms with Crippen molar-refractivity contribution in [2.24, 2.45) is 0 Å². The Bertz CT molecular complexity index is 435. The summed E-state index contributed by atoms with van der Waals surface area (Å²) in [5.74, 6) is -1.35. The lowest BCUT2D eigenvalue weighted by Crippen LogP contribution is -2.31. The molecule has 106 valence electrons. The Kier molecular flexibility index (Phi) is 5.76. The summed E-state index contributed by atoms with van der Waals surface area (Å²) in [5.41, 5.74) is -0.0463. The van der Waals surface area contributed by atoms with Crippen LogP contribution in [-0.4, -0.2) is 42.1 Å². The number of carbonyl (C=O) groups excluding carboxylic acids is 1. The molecule has 1 aromatic rings. The first-order valence-electron chi connectivity index (χ1n) is 6.38. The monoisotopic (exact) mass is 268 g/mol. The highest BCUT2D eigenvalue weighted by molar-refractivity contribution is 5.94. The van der Waals surface area contributed by atoms with E-state index in [1.807, 2.05) is 7.05 Å². The topological polar surface area (TPSA) is 52.6 Å². The van der Waals surface area contributed by atoms with Crippen molar-refractivity contribution in [3.05, 3.63) is 29.6 Å². The van der Waals surface area contributed by atoms with Gasteiger partial charge in [0.2, 0.25) is 0 Å². The van der Waals surface area contributed by atoms with Gasteiger partial charge in [0.1, 0.15) is 11.6 Å². The molecule has 2 N–H and O–H groups in total. The third kappa shape index (κ3) is 4.87. The standard InChI is InChI=1S/C14H21FN2O2/c1-10(2)17(3)8-4-7-16-14(19)12-6-5-11(18)9-13(12)15/h5-6,9-10,18H,4,7-8H2,1-3H3,(H,16,19). The average molecular weight is 268 g/mol. The highest BCUT2D eigenvalue weighted by Crippen LogP contribution is 2.14. The molecule has 1 aromatic carbocycles. The smallest absolute Gasteiger partial charge is 0.254 e. The van der Waals surface area contributed by atoms with Crippen LogP contribution >= 0.6 is 0 Å². The summed E-state index contributed by atoms with van der Waals surface area (Å²) >= 11 is 0. The minimum atomic E-state index is -0.711. The van der Waals surface area contributed by atoms with E-state index in [-0.39, 0.29) is 11.3 Å². The zero-order valence-electron chi connectivity index (χ0n) is 11.6. The quantitative estimate of drug-likeness (QED) is 0.776. The van der Waals surface area contributed by atoms with Gasteiger partial charge in [-0.3, -0.25) is 4.79 Å². The number of hydrogen-bond acceptors (Lipinski definition) is 3. The molecular weight excluding hydrogens is 247 g/mol. The van der Waals surface area contributed by atoms with Gasteiger partial charge in [-0.15, -0.1) is 0 Å². The lowest BCUT2D eigenvalue weighted by Gasteiger charge is -2.20. The van der Waals surface area contributed by atoms with Crippen LogP contribution in [0, 0.1) is 5.82 Å². The molecule has 0 aromatic heterocycles. The molecule has 1 amide bonds. The second-order valence-corrected chi connectivity index (χ2v) is 4.85. The van der Waals surface area contributed by atoms with E-state index < -0.39 is 11.7 Å². The molecule has 0 spiro atoms. The van der Waals surface area contributed by atoms with Gasteiger partial charge in [-0.1, -0.05) is 0 Å². The van der Waals surface area contributed by atoms with Crippen molar-refractivity contribution in [3.8, 4) is 5.75 Å². The molecule has 0 aliphatic carbocycles. The van der Waals surface area contributed by atoms with Crippen molar-refractivity contribution in [3.63, 3.8) is 0 Å². The Morgan fingerprint density at radius 3 is 2.74 bits per heavy atom. The lowest BCUT2D eigenvalue weighted by atomic mass is 10.2. The summed E-state index contributed by atoms with van der Waals surface area (Å²) in [6.45, 7) is 5.57. The second kappa shape index (κ2) is 7.09. The summed E-state index contributed by atoms with van der Waals surface area (Å²) in [6, 6.07) is 3.97. The molecule has 0 radical (unpaired) electrons. The molecule has 0 unspecified atom stereocenters. The minimum Gasteiger partial charge on any atom is -0.508 e. The van der Waals surface area contributed by atoms with Gasteiger partial charge in [-0.05, 0) is 46.0 Å². The normalized spacial score (nSPS) is 11.1. The molecular formula is C14H21FN2O2. The van der Waals surface area contributed by atoms with E-state index in [9.17, 15) is 9.18 Å². The van der Waals surface area contributed by atoms with Crippen LogP contribution in [-0.2, 0) is 0 Å². The first-order valence-corrected chi connectivity index (χ1v) is 6.38. The number of rotatable bonds is 6. The summed E-state index contributed by atoms with van der Waals surface area (Å²) in [4.78, 5) is 13.9. The van der Waals surface area contributed by atoms with Crippen LogP contribution in [0.1, 0.15) is 30.6 Å². The molecule has 4 nitrogen and oxygen atoms in total. The zero-order valence-corrected chi connectivity index (χ0v) is 11.6. The van der Waals surface area contributed by atoms with Gasteiger partial charge in [0, 0.05) is 18.7 Å². The number of aromatic hydroxyl groups is 1. The summed E-state index contributed by atoms with van der Waals surface area (Å²) in [5, 5.41) is 11.7. The molecule has 0 fully saturated rings. The Labute approximate surface area is 113 Å². The number of benzene rings is 1. The molecule has 0 aliphatic heterocycles. The number of phenolic OH excluding ortho intramolecular Hbond substituents is 1. The lowest BCUT2D eigenvalue weighted by molar-refractivity contribution is 0.0947. The van der Waals surface area contributed by atoms with E-state index >= 15 is 0 Å². The number of halogens is 1. The van der Waals surface area contributed by atoms with Crippen LogP contribution in [0.3, 0.4) is 0 Å². The summed E-state index contributed by atoms with van der Waals surface area (Å²) < 4.78 is 13.4. The molecule has 5 heteroatoms. The number of carbonyl (C=O) groups is 1. The number of nitrogens with one attached hydrogen (secondary N) is 1. The van der Waals surface area contributed by atoms with Gasteiger partial charge >= 0.3 is 0 Å². The Balaban J connectivity index is 2.39. The van der Waals surface area contributed by atoms with Crippen molar-refractivity contribution in [2.75, 3.05) is 20.1 Å². The molecule has 0 heterocycles. The molecule has 0 saturated heterocycles. The van der Waals surface area contributed by atoms with Crippen molar-refractivity contribution in [1.29, 1.82) is 0 Å². The first-order chi connectivity index (χ1) is 8.91. The van der Waals surface area contributed by atoms with E-state index in [0.29, 0.717) is 12.6 Å². The maximum atomic E-state index is 13.4. The molecule has 0 bridgehead atoms. The third-order valence-corrected chi connectivity index (χ3v) is 3.05. The predicted molar refractivity (Wildman–Crippen MR) is 72.8 cm³/mol. The second-order valence-electron chi connectivity index (χ2n) is 4.85. The zero-order chi connectivity index (χ0) is 14.4. The third-order valence-electron chi connectivity index (χ3n) is 3.05. The van der Waals surface area contributed by atoms with Gasteiger partial charge in [0.15, 0.2) is 0 Å². The van der Waals surface area contributed by atoms with Gasteiger partial charge < -0.3 is 15.3 Å². The van der Waals surface area contributed by atoms with Crippen molar-refractivity contribution in [2.45, 2.75) is 26.3 Å². The summed E-state index contributed by atoms with van der Waals surface area (Å²) in [6.07, 6.45) is 0.806. The first kappa shape index (κ1) is 15.4. The van der Waals surface area contributed by atoms with Crippen LogP contribution < -0.4 is 5.32 Å². The van der Waals surface area contributed by atoms with E-state index in [4.69, 9.17) is 5.11 Å². The van der Waals surface area contributed by atoms with Gasteiger partial charge in [0.25, 0.3) is 5.91 Å². The summed E-state index contributed by atoms with van der Waals surface area (Å²) in [7, 11) is 2.02. The van der Waals surface area contributed by atoms with Crippen molar-refractivity contribution >= 4 is 5.91 Å². The molecule has 1 rings (SSSR count). The molecule has 19 heavy (non-hydrogen) atoms. The largest absolute Gasteiger partial charge is 0.508 e. The van der Waals surface area contributed by atoms with Crippen LogP contribution in [0.5, 0.6) is 5.75 Å². The predicted octanol–water partition coefficient (Wildman–Crippen LogP) is 1.99. The van der Waals surface area contributed by atoms with Gasteiger partial charge in [-0.2, -0.15) is 0 Å². The molecule has 0 atom stereocenters. The van der Waals surface area contributed by atoms with Gasteiger partial charge in [-0.25, -0.2) is 4.39 Å². The number of phenols is 1. The maximum Gasteiger partial charge on any atom is 0.254 e.